The van der Waals surface area contributed by atoms with E-state index in [-0.39, 0.29) is 5.97 Å². The second kappa shape index (κ2) is 6.74. The van der Waals surface area contributed by atoms with Crippen molar-refractivity contribution in [2.24, 2.45) is 5.92 Å². The molecule has 2 aliphatic rings. The number of esters is 1. The van der Waals surface area contributed by atoms with E-state index in [9.17, 15) is 4.79 Å². The van der Waals surface area contributed by atoms with Crippen LogP contribution in [0.25, 0.3) is 0 Å². The van der Waals surface area contributed by atoms with Crippen molar-refractivity contribution in [3.05, 3.63) is 23.8 Å². The Balaban J connectivity index is 1.75. The summed E-state index contributed by atoms with van der Waals surface area (Å²) in [7, 11) is 0. The van der Waals surface area contributed by atoms with Gasteiger partial charge in [0.15, 0.2) is 0 Å². The monoisotopic (exact) mass is 249 g/mol. The molecule has 1 unspecified atom stereocenters. The third-order valence-electron chi connectivity index (χ3n) is 3.70. The Morgan fingerprint density at radius 2 is 2.44 bits per heavy atom. The summed E-state index contributed by atoms with van der Waals surface area (Å²) < 4.78 is 5.21. The molecule has 0 N–H and O–H groups in total. The lowest BCUT2D eigenvalue weighted by molar-refractivity contribution is -0.145. The summed E-state index contributed by atoms with van der Waals surface area (Å²) in [4.78, 5) is 13.9. The number of ether oxygens (including phenoxy) is 1. The van der Waals surface area contributed by atoms with E-state index < -0.39 is 0 Å². The Bertz CT molecular complexity index is 346. The van der Waals surface area contributed by atoms with Crippen molar-refractivity contribution in [1.82, 2.24) is 4.90 Å². The van der Waals surface area contributed by atoms with Crippen LogP contribution in [0.2, 0.25) is 0 Å². The van der Waals surface area contributed by atoms with Crippen molar-refractivity contribution in [3.8, 4) is 0 Å². The average molecular weight is 249 g/mol. The zero-order valence-electron chi connectivity index (χ0n) is 11.2. The number of unbranched alkanes of at least 4 members (excludes halogenated alkanes) is 1. The molecule has 18 heavy (non-hydrogen) atoms. The van der Waals surface area contributed by atoms with Gasteiger partial charge in [-0.2, -0.15) is 0 Å². The van der Waals surface area contributed by atoms with E-state index in [4.69, 9.17) is 4.74 Å². The highest BCUT2D eigenvalue weighted by molar-refractivity contribution is 5.71. The van der Waals surface area contributed by atoms with E-state index in [1.165, 1.54) is 18.4 Å². The van der Waals surface area contributed by atoms with E-state index in [2.05, 4.69) is 30.1 Å². The minimum atomic E-state index is -0.0751. The van der Waals surface area contributed by atoms with Crippen molar-refractivity contribution < 1.29 is 9.53 Å². The van der Waals surface area contributed by atoms with Gasteiger partial charge in [0.25, 0.3) is 0 Å². The van der Waals surface area contributed by atoms with Crippen LogP contribution in [0.3, 0.4) is 0 Å². The Hall–Kier alpha value is -1.09. The average Bonchev–Trinajstić information content (AvgIpc) is 2.39. The summed E-state index contributed by atoms with van der Waals surface area (Å²) in [6.07, 6.45) is 10.9. The number of nitrogens with zero attached hydrogens (tertiary/aromatic N) is 1. The van der Waals surface area contributed by atoms with Crippen molar-refractivity contribution in [2.45, 2.75) is 32.6 Å². The fourth-order valence-electron chi connectivity index (χ4n) is 2.58. The predicted octanol–water partition coefficient (Wildman–Crippen LogP) is 2.54. The van der Waals surface area contributed by atoms with Crippen LogP contribution in [-0.4, -0.2) is 37.1 Å². The van der Waals surface area contributed by atoms with Crippen molar-refractivity contribution in [2.75, 3.05) is 26.2 Å². The number of fused-ring (bicyclic) bond motifs is 1. The zero-order valence-corrected chi connectivity index (χ0v) is 11.2. The number of likely N-dealkylation sites (tertiary alicyclic amines) is 1. The number of hydrogen-bond donors (Lipinski definition) is 0. The van der Waals surface area contributed by atoms with Crippen molar-refractivity contribution in [3.63, 3.8) is 0 Å². The molecule has 0 aromatic heterocycles. The van der Waals surface area contributed by atoms with E-state index in [1.807, 2.05) is 0 Å². The number of rotatable bonds is 5. The number of piperidine rings is 1. The maximum absolute atomic E-state index is 11.6. The molecule has 1 atom stereocenters. The molecule has 0 amide bonds. The molecule has 3 nitrogen and oxygen atoms in total. The van der Waals surface area contributed by atoms with Crippen molar-refractivity contribution >= 4 is 5.97 Å². The van der Waals surface area contributed by atoms with Gasteiger partial charge in [0.05, 0.1) is 13.2 Å². The summed E-state index contributed by atoms with van der Waals surface area (Å²) in [5.41, 5.74) is 1.48. The fraction of sp³-hybridized carbons (Fsp3) is 0.667. The molecule has 0 radical (unpaired) electrons. The van der Waals surface area contributed by atoms with Crippen LogP contribution < -0.4 is 0 Å². The summed E-state index contributed by atoms with van der Waals surface area (Å²) in [5, 5.41) is 0. The molecule has 100 valence electrons. The quantitative estimate of drug-likeness (QED) is 0.554. The molecule has 3 heteroatoms. The highest BCUT2D eigenvalue weighted by atomic mass is 16.5. The summed E-state index contributed by atoms with van der Waals surface area (Å²) in [6.45, 7) is 5.05. The first-order chi connectivity index (χ1) is 8.79. The molecule has 1 aliphatic carbocycles. The van der Waals surface area contributed by atoms with E-state index in [0.717, 1.165) is 25.9 Å². The van der Waals surface area contributed by atoms with Gasteiger partial charge in [-0.25, -0.2) is 0 Å². The van der Waals surface area contributed by atoms with Gasteiger partial charge in [0.2, 0.25) is 0 Å². The third kappa shape index (κ3) is 3.70. The molecule has 0 bridgehead atoms. The molecule has 1 heterocycles. The zero-order chi connectivity index (χ0) is 12.8. The van der Waals surface area contributed by atoms with Gasteiger partial charge < -0.3 is 4.74 Å². The molecule has 0 aromatic carbocycles. The van der Waals surface area contributed by atoms with Crippen LogP contribution in [-0.2, 0) is 9.53 Å². The van der Waals surface area contributed by atoms with Gasteiger partial charge in [-0.15, -0.1) is 0 Å². The standard InChI is InChI=1S/C15H23NO2/c1-2-3-10-18-15(17)12-16-9-8-13-6-4-5-7-14(13)11-16/h4-5,7,13H,2-3,6,8-12H2,1H3. The molecule has 1 fully saturated rings. The molecular weight excluding hydrogens is 226 g/mol. The summed E-state index contributed by atoms with van der Waals surface area (Å²) in [5.74, 6) is 0.635. The molecule has 0 saturated carbocycles. The molecule has 0 spiro atoms. The first-order valence-electron chi connectivity index (χ1n) is 7.03. The van der Waals surface area contributed by atoms with E-state index >= 15 is 0 Å². The number of carbonyl (C=O) groups excluding carboxylic acids is 1. The number of hydrogen-bond acceptors (Lipinski definition) is 3. The SMILES string of the molecule is CCCCOC(=O)CN1CCC2CC=CC=C2C1. The minimum Gasteiger partial charge on any atom is -0.465 e. The molecular formula is C15H23NO2. The smallest absolute Gasteiger partial charge is 0.320 e. The minimum absolute atomic E-state index is 0.0751. The van der Waals surface area contributed by atoms with E-state index in [0.29, 0.717) is 19.1 Å². The Labute approximate surface area is 109 Å². The number of carbonyl (C=O) groups is 1. The van der Waals surface area contributed by atoms with Crippen LogP contribution in [0.1, 0.15) is 32.6 Å². The Morgan fingerprint density at radius 3 is 3.28 bits per heavy atom. The second-order valence-electron chi connectivity index (χ2n) is 5.18. The van der Waals surface area contributed by atoms with Crippen LogP contribution in [0.4, 0.5) is 0 Å². The lowest BCUT2D eigenvalue weighted by Crippen LogP contribution is -2.39. The summed E-state index contributed by atoms with van der Waals surface area (Å²) >= 11 is 0. The lowest BCUT2D eigenvalue weighted by atomic mass is 9.85. The first kappa shape index (κ1) is 13.3. The molecule has 1 aliphatic heterocycles. The van der Waals surface area contributed by atoms with Crippen LogP contribution in [0, 0.1) is 5.92 Å². The summed E-state index contributed by atoms with van der Waals surface area (Å²) in [6, 6.07) is 0. The highest BCUT2D eigenvalue weighted by Gasteiger charge is 2.25. The largest absolute Gasteiger partial charge is 0.465 e. The van der Waals surface area contributed by atoms with Crippen molar-refractivity contribution in [1.29, 1.82) is 0 Å². The highest BCUT2D eigenvalue weighted by Crippen LogP contribution is 2.28. The molecule has 2 rings (SSSR count). The second-order valence-corrected chi connectivity index (χ2v) is 5.18. The van der Waals surface area contributed by atoms with Gasteiger partial charge in [-0.3, -0.25) is 9.69 Å². The van der Waals surface area contributed by atoms with Gasteiger partial charge in [0.1, 0.15) is 0 Å². The molecule has 0 aromatic rings. The maximum atomic E-state index is 11.6. The van der Waals surface area contributed by atoms with Gasteiger partial charge in [-0.05, 0) is 31.7 Å². The molecule has 1 saturated heterocycles. The lowest BCUT2D eigenvalue weighted by Gasteiger charge is -2.34. The van der Waals surface area contributed by atoms with Gasteiger partial charge >= 0.3 is 5.97 Å². The predicted molar refractivity (Wildman–Crippen MR) is 72.3 cm³/mol. The van der Waals surface area contributed by atoms with E-state index in [1.54, 1.807) is 0 Å². The van der Waals surface area contributed by atoms with Gasteiger partial charge in [0, 0.05) is 6.54 Å². The number of allylic oxidation sites excluding steroid dienone is 3. The normalized spacial score (nSPS) is 23.4. The Morgan fingerprint density at radius 1 is 1.56 bits per heavy atom. The third-order valence-corrected chi connectivity index (χ3v) is 3.70. The Kier molecular flexibility index (Phi) is 5.00. The van der Waals surface area contributed by atoms with Crippen LogP contribution in [0.15, 0.2) is 23.8 Å². The first-order valence-corrected chi connectivity index (χ1v) is 7.03. The topological polar surface area (TPSA) is 29.5 Å². The fourth-order valence-corrected chi connectivity index (χ4v) is 2.58. The maximum Gasteiger partial charge on any atom is 0.320 e. The van der Waals surface area contributed by atoms with Crippen LogP contribution in [0.5, 0.6) is 0 Å². The van der Waals surface area contributed by atoms with Gasteiger partial charge in [-0.1, -0.05) is 37.1 Å². The van der Waals surface area contributed by atoms with Crippen LogP contribution >= 0.6 is 0 Å².